The molecule has 0 saturated heterocycles. The Hall–Kier alpha value is -2.95. The molecule has 1 atom stereocenters. The summed E-state index contributed by atoms with van der Waals surface area (Å²) in [5.74, 6) is -0.987. The fourth-order valence-electron chi connectivity index (χ4n) is 2.53. The SMILES string of the molecule is CCOC(=O)C1(c2ccccc2)N=C(c2ccccc2)C(=O)N1. The maximum atomic E-state index is 12.5. The zero-order valence-corrected chi connectivity index (χ0v) is 12.7. The Morgan fingerprint density at radius 3 is 2.30 bits per heavy atom. The second kappa shape index (κ2) is 6.04. The molecule has 1 heterocycles. The Kier molecular flexibility index (Phi) is 3.93. The Balaban J connectivity index is 2.13. The summed E-state index contributed by atoms with van der Waals surface area (Å²) in [5, 5.41) is 2.70. The molecule has 0 bridgehead atoms. The van der Waals surface area contributed by atoms with Crippen LogP contribution in [0.25, 0.3) is 0 Å². The molecular weight excluding hydrogens is 292 g/mol. The molecule has 116 valence electrons. The minimum atomic E-state index is -1.53. The number of aliphatic imine (C=N–C) groups is 1. The lowest BCUT2D eigenvalue weighted by atomic mass is 10.0. The lowest BCUT2D eigenvalue weighted by Gasteiger charge is -2.24. The number of carbonyl (C=O) groups excluding carboxylic acids is 2. The summed E-state index contributed by atoms with van der Waals surface area (Å²) in [7, 11) is 0. The predicted molar refractivity (Wildman–Crippen MR) is 85.9 cm³/mol. The van der Waals surface area contributed by atoms with Crippen LogP contribution in [0.5, 0.6) is 0 Å². The Bertz CT molecular complexity index is 756. The molecule has 0 fully saturated rings. The molecule has 0 saturated carbocycles. The second-order valence-corrected chi connectivity index (χ2v) is 5.08. The number of carbonyl (C=O) groups is 2. The van der Waals surface area contributed by atoms with Crippen molar-refractivity contribution in [3.8, 4) is 0 Å². The summed E-state index contributed by atoms with van der Waals surface area (Å²) >= 11 is 0. The van der Waals surface area contributed by atoms with Crippen LogP contribution in [0.3, 0.4) is 0 Å². The molecule has 23 heavy (non-hydrogen) atoms. The lowest BCUT2D eigenvalue weighted by molar-refractivity contribution is -0.152. The first-order chi connectivity index (χ1) is 11.2. The highest BCUT2D eigenvalue weighted by atomic mass is 16.5. The van der Waals surface area contributed by atoms with E-state index in [1.807, 2.05) is 24.3 Å². The predicted octanol–water partition coefficient (Wildman–Crippen LogP) is 2.02. The van der Waals surface area contributed by atoms with Gasteiger partial charge in [-0.05, 0) is 6.92 Å². The number of nitrogens with one attached hydrogen (secondary N) is 1. The number of ether oxygens (including phenoxy) is 1. The van der Waals surface area contributed by atoms with Crippen LogP contribution in [-0.4, -0.2) is 24.2 Å². The fraction of sp³-hybridized carbons (Fsp3) is 0.167. The first-order valence-electron chi connectivity index (χ1n) is 7.38. The fourth-order valence-corrected chi connectivity index (χ4v) is 2.53. The van der Waals surface area contributed by atoms with E-state index in [9.17, 15) is 9.59 Å². The number of amides is 1. The van der Waals surface area contributed by atoms with Gasteiger partial charge in [0.25, 0.3) is 11.6 Å². The molecule has 2 aromatic carbocycles. The summed E-state index contributed by atoms with van der Waals surface area (Å²) in [5.41, 5.74) is -0.0770. The Morgan fingerprint density at radius 1 is 1.09 bits per heavy atom. The number of hydrogen-bond donors (Lipinski definition) is 1. The van der Waals surface area contributed by atoms with E-state index in [1.165, 1.54) is 0 Å². The van der Waals surface area contributed by atoms with Crippen LogP contribution < -0.4 is 5.32 Å². The normalized spacial score (nSPS) is 19.9. The van der Waals surface area contributed by atoms with E-state index < -0.39 is 17.5 Å². The molecule has 0 aliphatic carbocycles. The van der Waals surface area contributed by atoms with Gasteiger partial charge in [-0.2, -0.15) is 0 Å². The van der Waals surface area contributed by atoms with Gasteiger partial charge in [-0.15, -0.1) is 0 Å². The van der Waals surface area contributed by atoms with Gasteiger partial charge in [-0.1, -0.05) is 60.7 Å². The smallest absolute Gasteiger partial charge is 0.359 e. The molecule has 0 aromatic heterocycles. The molecule has 1 amide bonds. The van der Waals surface area contributed by atoms with E-state index in [2.05, 4.69) is 10.3 Å². The lowest BCUT2D eigenvalue weighted by Crippen LogP contribution is -2.47. The van der Waals surface area contributed by atoms with Crippen molar-refractivity contribution in [2.75, 3.05) is 6.61 Å². The molecule has 1 unspecified atom stereocenters. The summed E-state index contributed by atoms with van der Waals surface area (Å²) in [4.78, 5) is 29.4. The summed E-state index contributed by atoms with van der Waals surface area (Å²) in [6.07, 6.45) is 0. The zero-order chi connectivity index (χ0) is 16.3. The molecule has 2 aromatic rings. The van der Waals surface area contributed by atoms with Gasteiger partial charge in [-0.3, -0.25) is 4.79 Å². The molecule has 5 heteroatoms. The van der Waals surface area contributed by atoms with Crippen molar-refractivity contribution in [3.05, 3.63) is 71.8 Å². The number of benzene rings is 2. The quantitative estimate of drug-likeness (QED) is 0.879. The van der Waals surface area contributed by atoms with Crippen molar-refractivity contribution in [2.45, 2.75) is 12.6 Å². The maximum Gasteiger partial charge on any atom is 0.359 e. The van der Waals surface area contributed by atoms with Gasteiger partial charge in [0, 0.05) is 11.1 Å². The van der Waals surface area contributed by atoms with Gasteiger partial charge in [0.05, 0.1) is 6.61 Å². The van der Waals surface area contributed by atoms with Crippen molar-refractivity contribution in [2.24, 2.45) is 4.99 Å². The zero-order valence-electron chi connectivity index (χ0n) is 12.7. The van der Waals surface area contributed by atoms with Gasteiger partial charge in [0.2, 0.25) is 0 Å². The van der Waals surface area contributed by atoms with E-state index in [-0.39, 0.29) is 12.3 Å². The maximum absolute atomic E-state index is 12.5. The Labute approximate surface area is 134 Å². The van der Waals surface area contributed by atoms with Crippen LogP contribution in [0.4, 0.5) is 0 Å². The van der Waals surface area contributed by atoms with Crippen molar-refractivity contribution in [3.63, 3.8) is 0 Å². The van der Waals surface area contributed by atoms with Gasteiger partial charge in [0.1, 0.15) is 5.71 Å². The molecule has 0 spiro atoms. The van der Waals surface area contributed by atoms with Crippen molar-refractivity contribution >= 4 is 17.6 Å². The highest BCUT2D eigenvalue weighted by Gasteiger charge is 2.49. The van der Waals surface area contributed by atoms with Crippen molar-refractivity contribution in [1.82, 2.24) is 5.32 Å². The van der Waals surface area contributed by atoms with Gasteiger partial charge < -0.3 is 10.1 Å². The highest BCUT2D eigenvalue weighted by molar-refractivity contribution is 6.47. The molecule has 1 aliphatic heterocycles. The van der Waals surface area contributed by atoms with Gasteiger partial charge >= 0.3 is 5.97 Å². The van der Waals surface area contributed by atoms with Crippen LogP contribution in [0.2, 0.25) is 0 Å². The van der Waals surface area contributed by atoms with Crippen LogP contribution in [0.15, 0.2) is 65.7 Å². The van der Waals surface area contributed by atoms with Crippen LogP contribution >= 0.6 is 0 Å². The van der Waals surface area contributed by atoms with E-state index in [0.29, 0.717) is 11.1 Å². The van der Waals surface area contributed by atoms with Crippen molar-refractivity contribution < 1.29 is 14.3 Å². The number of rotatable bonds is 4. The molecule has 5 nitrogen and oxygen atoms in total. The van der Waals surface area contributed by atoms with E-state index in [0.717, 1.165) is 0 Å². The topological polar surface area (TPSA) is 67.8 Å². The average Bonchev–Trinajstić information content (AvgIpc) is 2.95. The van der Waals surface area contributed by atoms with Gasteiger partial charge in [-0.25, -0.2) is 9.79 Å². The summed E-state index contributed by atoms with van der Waals surface area (Å²) in [6, 6.07) is 18.0. The third kappa shape index (κ3) is 2.61. The number of hydrogen-bond acceptors (Lipinski definition) is 4. The number of esters is 1. The van der Waals surface area contributed by atoms with E-state index >= 15 is 0 Å². The molecule has 1 N–H and O–H groups in total. The van der Waals surface area contributed by atoms with E-state index in [1.54, 1.807) is 43.3 Å². The highest BCUT2D eigenvalue weighted by Crippen LogP contribution is 2.30. The Morgan fingerprint density at radius 2 is 1.70 bits per heavy atom. The largest absolute Gasteiger partial charge is 0.463 e. The summed E-state index contributed by atoms with van der Waals surface area (Å²) in [6.45, 7) is 1.93. The van der Waals surface area contributed by atoms with Crippen LogP contribution in [0, 0.1) is 0 Å². The molecule has 1 aliphatic rings. The monoisotopic (exact) mass is 308 g/mol. The first kappa shape index (κ1) is 15.0. The minimum Gasteiger partial charge on any atom is -0.463 e. The average molecular weight is 308 g/mol. The van der Waals surface area contributed by atoms with Crippen LogP contribution in [-0.2, 0) is 20.0 Å². The standard InChI is InChI=1S/C18H16N2O3/c1-2-23-17(22)18(14-11-7-4-8-12-14)19-15(16(21)20-18)13-9-5-3-6-10-13/h3-12H,2H2,1H3,(H,20,21). The van der Waals surface area contributed by atoms with E-state index in [4.69, 9.17) is 4.74 Å². The molecule has 0 radical (unpaired) electrons. The third-order valence-electron chi connectivity index (χ3n) is 3.60. The molecule has 3 rings (SSSR count). The first-order valence-corrected chi connectivity index (χ1v) is 7.38. The van der Waals surface area contributed by atoms with Crippen LogP contribution in [0.1, 0.15) is 18.1 Å². The third-order valence-corrected chi connectivity index (χ3v) is 3.60. The summed E-state index contributed by atoms with van der Waals surface area (Å²) < 4.78 is 5.16. The number of nitrogens with zero attached hydrogens (tertiary/aromatic N) is 1. The molecular formula is C18H16N2O3. The second-order valence-electron chi connectivity index (χ2n) is 5.08. The van der Waals surface area contributed by atoms with Gasteiger partial charge in [0.15, 0.2) is 0 Å². The minimum absolute atomic E-state index is 0.208. The van der Waals surface area contributed by atoms with Crippen molar-refractivity contribution in [1.29, 1.82) is 0 Å².